The molecule has 0 radical (unpaired) electrons. The van der Waals surface area contributed by atoms with Crippen molar-refractivity contribution in [1.82, 2.24) is 9.88 Å². The van der Waals surface area contributed by atoms with Crippen LogP contribution >= 0.6 is 51.0 Å². The van der Waals surface area contributed by atoms with Gasteiger partial charge in [-0.1, -0.05) is 23.5 Å². The molecule has 0 atom stereocenters. The van der Waals surface area contributed by atoms with Gasteiger partial charge < -0.3 is 4.90 Å². The Morgan fingerprint density at radius 1 is 1.12 bits per heavy atom. The molecule has 3 rings (SSSR count). The molecule has 8 heteroatoms. The number of hydrogen-bond acceptors (Lipinski definition) is 5. The van der Waals surface area contributed by atoms with Gasteiger partial charge >= 0.3 is 0 Å². The molecular formula is C17H19BrClN3OS2. The van der Waals surface area contributed by atoms with Crippen molar-refractivity contribution in [3.05, 3.63) is 45.1 Å². The average molecular weight is 461 g/mol. The monoisotopic (exact) mass is 459 g/mol. The molecule has 0 fully saturated rings. The molecule has 3 aromatic rings. The predicted molar refractivity (Wildman–Crippen MR) is 114 cm³/mol. The number of hydrogen-bond donors (Lipinski definition) is 0. The number of carbonyl (C=O) groups excluding carboxylic acids is 1. The van der Waals surface area contributed by atoms with Gasteiger partial charge in [0.1, 0.15) is 0 Å². The number of carbonyl (C=O) groups is 1. The van der Waals surface area contributed by atoms with Gasteiger partial charge in [0.2, 0.25) is 0 Å². The largest absolute Gasteiger partial charge is 0.309 e. The van der Waals surface area contributed by atoms with Crippen molar-refractivity contribution in [3.8, 4) is 0 Å². The summed E-state index contributed by atoms with van der Waals surface area (Å²) in [6.07, 6.45) is 0.904. The molecule has 0 N–H and O–H groups in total. The van der Waals surface area contributed by atoms with Crippen molar-refractivity contribution in [2.75, 3.05) is 32.1 Å². The highest BCUT2D eigenvalue weighted by Gasteiger charge is 2.22. The number of thiophene rings is 1. The molecule has 0 aliphatic heterocycles. The fraction of sp³-hybridized carbons (Fsp3) is 0.294. The van der Waals surface area contributed by atoms with E-state index in [9.17, 15) is 4.79 Å². The quantitative estimate of drug-likeness (QED) is 0.511. The number of anilines is 1. The highest BCUT2D eigenvalue weighted by atomic mass is 79.9. The van der Waals surface area contributed by atoms with Gasteiger partial charge in [-0.3, -0.25) is 9.69 Å². The van der Waals surface area contributed by atoms with Crippen LogP contribution in [0.15, 0.2) is 40.2 Å². The predicted octanol–water partition coefficient (Wildman–Crippen LogP) is 5.14. The van der Waals surface area contributed by atoms with Crippen LogP contribution in [0.25, 0.3) is 10.2 Å². The zero-order valence-electron chi connectivity index (χ0n) is 13.9. The van der Waals surface area contributed by atoms with Crippen LogP contribution in [0, 0.1) is 0 Å². The maximum atomic E-state index is 13.0. The van der Waals surface area contributed by atoms with Gasteiger partial charge in [-0.05, 0) is 67.3 Å². The highest BCUT2D eigenvalue weighted by molar-refractivity contribution is 9.11. The topological polar surface area (TPSA) is 36.4 Å². The summed E-state index contributed by atoms with van der Waals surface area (Å²) in [7, 11) is 4.08. The number of thiazole rings is 1. The normalized spacial score (nSPS) is 10.9. The molecule has 134 valence electrons. The SMILES string of the molecule is CN(C)CCCN(C(=O)c1ccc(Br)s1)c1nc2ccccc2s1.Cl. The fourth-order valence-corrected chi connectivity index (χ4v) is 4.69. The smallest absolute Gasteiger partial charge is 0.270 e. The summed E-state index contributed by atoms with van der Waals surface area (Å²) >= 11 is 6.46. The molecule has 25 heavy (non-hydrogen) atoms. The van der Waals surface area contributed by atoms with Crippen LogP contribution in [0.5, 0.6) is 0 Å². The third kappa shape index (κ3) is 5.01. The van der Waals surface area contributed by atoms with E-state index in [0.29, 0.717) is 6.54 Å². The number of rotatable bonds is 6. The standard InChI is InChI=1S/C17H18BrN3OS2.ClH/c1-20(2)10-5-11-21(16(22)14-8-9-15(18)23-14)17-19-12-6-3-4-7-13(12)24-17;/h3-4,6-9H,5,10-11H2,1-2H3;1H. The van der Waals surface area contributed by atoms with E-state index >= 15 is 0 Å². The number of benzene rings is 1. The molecule has 0 aliphatic rings. The van der Waals surface area contributed by atoms with Crippen LogP contribution in [0.4, 0.5) is 5.13 Å². The van der Waals surface area contributed by atoms with E-state index in [4.69, 9.17) is 0 Å². The lowest BCUT2D eigenvalue weighted by Gasteiger charge is -2.20. The molecule has 2 aromatic heterocycles. The van der Waals surface area contributed by atoms with E-state index in [1.54, 1.807) is 11.3 Å². The van der Waals surface area contributed by atoms with Gasteiger partial charge in [0.25, 0.3) is 5.91 Å². The lowest BCUT2D eigenvalue weighted by molar-refractivity contribution is 0.0990. The maximum absolute atomic E-state index is 13.0. The molecule has 0 saturated carbocycles. The van der Waals surface area contributed by atoms with E-state index < -0.39 is 0 Å². The van der Waals surface area contributed by atoms with Crippen LogP contribution in [0.2, 0.25) is 0 Å². The zero-order valence-corrected chi connectivity index (χ0v) is 18.0. The Hall–Kier alpha value is -0.990. The van der Waals surface area contributed by atoms with Gasteiger partial charge in [-0.2, -0.15) is 0 Å². The minimum Gasteiger partial charge on any atom is -0.309 e. The van der Waals surface area contributed by atoms with E-state index in [1.807, 2.05) is 55.4 Å². The van der Waals surface area contributed by atoms with Crippen molar-refractivity contribution in [3.63, 3.8) is 0 Å². The van der Waals surface area contributed by atoms with Crippen molar-refractivity contribution >= 4 is 72.3 Å². The second-order valence-electron chi connectivity index (χ2n) is 5.68. The average Bonchev–Trinajstić information content (AvgIpc) is 3.16. The van der Waals surface area contributed by atoms with Gasteiger partial charge in [0.15, 0.2) is 5.13 Å². The van der Waals surface area contributed by atoms with E-state index in [1.165, 1.54) is 11.3 Å². The van der Waals surface area contributed by atoms with Crippen LogP contribution in [0.1, 0.15) is 16.1 Å². The second-order valence-corrected chi connectivity index (χ2v) is 9.15. The Labute approximate surface area is 170 Å². The molecule has 0 spiro atoms. The fourth-order valence-electron chi connectivity index (χ4n) is 2.37. The van der Waals surface area contributed by atoms with Crippen LogP contribution < -0.4 is 4.90 Å². The minimum atomic E-state index is 0. The third-order valence-corrected chi connectivity index (χ3v) is 6.20. The van der Waals surface area contributed by atoms with E-state index in [2.05, 4.69) is 25.8 Å². The second kappa shape index (κ2) is 9.09. The first-order chi connectivity index (χ1) is 11.5. The highest BCUT2D eigenvalue weighted by Crippen LogP contribution is 2.31. The van der Waals surface area contributed by atoms with Gasteiger partial charge in [-0.25, -0.2) is 4.98 Å². The number of amides is 1. The number of halogens is 2. The molecule has 0 aliphatic carbocycles. The first-order valence-electron chi connectivity index (χ1n) is 7.62. The first kappa shape index (κ1) is 20.3. The van der Waals surface area contributed by atoms with Crippen molar-refractivity contribution in [2.24, 2.45) is 0 Å². The van der Waals surface area contributed by atoms with Crippen molar-refractivity contribution < 1.29 is 4.79 Å². The Morgan fingerprint density at radius 3 is 2.52 bits per heavy atom. The summed E-state index contributed by atoms with van der Waals surface area (Å²) in [5.41, 5.74) is 0.940. The van der Waals surface area contributed by atoms with E-state index in [-0.39, 0.29) is 18.3 Å². The molecule has 0 bridgehead atoms. The number of para-hydroxylation sites is 1. The molecule has 0 saturated heterocycles. The van der Waals surface area contributed by atoms with Crippen molar-refractivity contribution in [2.45, 2.75) is 6.42 Å². The molecule has 0 unspecified atom stereocenters. The first-order valence-corrected chi connectivity index (χ1v) is 10.0. The summed E-state index contributed by atoms with van der Waals surface area (Å²) in [4.78, 5) is 22.3. The Bertz CT molecular complexity index is 816. The Morgan fingerprint density at radius 2 is 1.88 bits per heavy atom. The van der Waals surface area contributed by atoms with Gasteiger partial charge in [0.05, 0.1) is 18.9 Å². The summed E-state index contributed by atoms with van der Waals surface area (Å²) in [5.74, 6) is 0.0171. The number of nitrogens with zero attached hydrogens (tertiary/aromatic N) is 3. The molecule has 2 heterocycles. The number of fused-ring (bicyclic) bond motifs is 1. The van der Waals surface area contributed by atoms with Crippen LogP contribution in [0.3, 0.4) is 0 Å². The molecule has 1 aromatic carbocycles. The summed E-state index contributed by atoms with van der Waals surface area (Å²) < 4.78 is 2.06. The van der Waals surface area contributed by atoms with Gasteiger partial charge in [-0.15, -0.1) is 23.7 Å². The van der Waals surface area contributed by atoms with Gasteiger partial charge in [0, 0.05) is 6.54 Å². The summed E-state index contributed by atoms with van der Waals surface area (Å²) in [6, 6.07) is 11.8. The van der Waals surface area contributed by atoms with Crippen LogP contribution in [-0.4, -0.2) is 43.0 Å². The lowest BCUT2D eigenvalue weighted by atomic mass is 10.3. The third-order valence-electron chi connectivity index (χ3n) is 3.53. The Balaban J connectivity index is 0.00000225. The summed E-state index contributed by atoms with van der Waals surface area (Å²) in [5, 5.41) is 0.768. The van der Waals surface area contributed by atoms with Crippen LogP contribution in [-0.2, 0) is 0 Å². The number of aromatic nitrogens is 1. The minimum absolute atomic E-state index is 0. The van der Waals surface area contributed by atoms with Crippen molar-refractivity contribution in [1.29, 1.82) is 0 Å². The Kier molecular flexibility index (Phi) is 7.39. The molecule has 1 amide bonds. The molecule has 4 nitrogen and oxygen atoms in total. The summed E-state index contributed by atoms with van der Waals surface area (Å²) in [6.45, 7) is 1.59. The van der Waals surface area contributed by atoms with E-state index in [0.717, 1.165) is 37.0 Å². The maximum Gasteiger partial charge on any atom is 0.270 e. The molecular weight excluding hydrogens is 442 g/mol. The lowest BCUT2D eigenvalue weighted by Crippen LogP contribution is -2.32. The zero-order chi connectivity index (χ0) is 17.1.